The largest absolute Gasteiger partial charge is 0.378 e. The van der Waals surface area contributed by atoms with E-state index in [-0.39, 0.29) is 10.6 Å². The van der Waals surface area contributed by atoms with Crippen molar-refractivity contribution >= 4 is 21.4 Å². The van der Waals surface area contributed by atoms with Crippen LogP contribution in [-0.4, -0.2) is 34.7 Å². The van der Waals surface area contributed by atoms with Crippen molar-refractivity contribution in [1.82, 2.24) is 0 Å². The van der Waals surface area contributed by atoms with E-state index < -0.39 is 15.8 Å². The smallest absolute Gasteiger partial charge is 0.262 e. The van der Waals surface area contributed by atoms with Crippen molar-refractivity contribution in [3.05, 3.63) is 53.3 Å². The number of morpholine rings is 1. The number of nitrogens with zero attached hydrogens (tertiary/aromatic N) is 1. The molecule has 0 bridgehead atoms. The fourth-order valence-corrected chi connectivity index (χ4v) is 4.26. The highest BCUT2D eigenvalue weighted by Gasteiger charge is 2.21. The van der Waals surface area contributed by atoms with Gasteiger partial charge < -0.3 is 9.64 Å². The Morgan fingerprint density at radius 3 is 2.48 bits per heavy atom. The van der Waals surface area contributed by atoms with Crippen molar-refractivity contribution < 1.29 is 17.5 Å². The van der Waals surface area contributed by atoms with Crippen LogP contribution in [0.3, 0.4) is 0 Å². The summed E-state index contributed by atoms with van der Waals surface area (Å²) < 4.78 is 47.2. The number of halogens is 1. The van der Waals surface area contributed by atoms with Gasteiger partial charge in [-0.1, -0.05) is 17.7 Å². The summed E-state index contributed by atoms with van der Waals surface area (Å²) >= 11 is 0. The molecule has 25 heavy (non-hydrogen) atoms. The van der Waals surface area contributed by atoms with E-state index in [1.54, 1.807) is 25.1 Å². The summed E-state index contributed by atoms with van der Waals surface area (Å²) in [5.74, 6) is -0.490. The number of aryl methyl sites for hydroxylation is 2. The van der Waals surface area contributed by atoms with Crippen LogP contribution in [0.1, 0.15) is 11.1 Å². The third-order valence-electron chi connectivity index (χ3n) is 4.17. The average Bonchev–Trinajstić information content (AvgIpc) is 2.55. The van der Waals surface area contributed by atoms with Crippen LogP contribution < -0.4 is 9.62 Å². The van der Waals surface area contributed by atoms with Crippen LogP contribution in [0.5, 0.6) is 0 Å². The van der Waals surface area contributed by atoms with Crippen molar-refractivity contribution in [2.75, 3.05) is 35.9 Å². The Labute approximate surface area is 147 Å². The Balaban J connectivity index is 1.97. The summed E-state index contributed by atoms with van der Waals surface area (Å²) in [5.41, 5.74) is 2.52. The Morgan fingerprint density at radius 1 is 1.08 bits per heavy atom. The van der Waals surface area contributed by atoms with Crippen LogP contribution in [0.25, 0.3) is 0 Å². The topological polar surface area (TPSA) is 58.6 Å². The molecule has 2 aromatic rings. The Kier molecular flexibility index (Phi) is 4.96. The van der Waals surface area contributed by atoms with Gasteiger partial charge in [-0.2, -0.15) is 0 Å². The van der Waals surface area contributed by atoms with Gasteiger partial charge in [0, 0.05) is 19.2 Å². The van der Waals surface area contributed by atoms with E-state index in [1.165, 1.54) is 12.1 Å². The fraction of sp³-hybridized carbons (Fsp3) is 0.333. The average molecular weight is 364 g/mol. The molecule has 1 aliphatic heterocycles. The van der Waals surface area contributed by atoms with Crippen molar-refractivity contribution in [3.8, 4) is 0 Å². The molecule has 0 atom stereocenters. The molecule has 5 nitrogen and oxygen atoms in total. The molecule has 0 unspecified atom stereocenters. The molecule has 0 radical (unpaired) electrons. The van der Waals surface area contributed by atoms with Gasteiger partial charge in [-0.15, -0.1) is 0 Å². The van der Waals surface area contributed by atoms with Gasteiger partial charge in [-0.05, 0) is 37.6 Å². The SMILES string of the molecule is Cc1ccc(S(=O)(=O)Nc2cc(F)ccc2N2CCOCC2)c(C)c1. The number of nitrogens with one attached hydrogen (secondary N) is 1. The predicted octanol–water partition coefficient (Wildman–Crippen LogP) is 3.08. The molecule has 1 saturated heterocycles. The minimum atomic E-state index is -3.81. The molecule has 1 heterocycles. The highest BCUT2D eigenvalue weighted by molar-refractivity contribution is 7.92. The van der Waals surface area contributed by atoms with Crippen molar-refractivity contribution in [1.29, 1.82) is 0 Å². The number of hydrogen-bond donors (Lipinski definition) is 1. The zero-order chi connectivity index (χ0) is 18.0. The Hall–Kier alpha value is -2.12. The predicted molar refractivity (Wildman–Crippen MR) is 96.2 cm³/mol. The highest BCUT2D eigenvalue weighted by Crippen LogP contribution is 2.30. The first kappa shape index (κ1) is 17.7. The molecule has 2 aromatic carbocycles. The lowest BCUT2D eigenvalue weighted by molar-refractivity contribution is 0.123. The van der Waals surface area contributed by atoms with Crippen LogP contribution >= 0.6 is 0 Å². The zero-order valence-electron chi connectivity index (χ0n) is 14.3. The molecule has 0 aliphatic carbocycles. The van der Waals surface area contributed by atoms with E-state index in [9.17, 15) is 12.8 Å². The van der Waals surface area contributed by atoms with Gasteiger partial charge >= 0.3 is 0 Å². The standard InChI is InChI=1S/C18H21FN2O3S/c1-13-3-6-18(14(2)11-13)25(22,23)20-16-12-15(19)4-5-17(16)21-7-9-24-10-8-21/h3-6,11-12,20H,7-10H2,1-2H3. The summed E-state index contributed by atoms with van der Waals surface area (Å²) in [4.78, 5) is 2.18. The van der Waals surface area contributed by atoms with Crippen LogP contribution in [0.4, 0.5) is 15.8 Å². The van der Waals surface area contributed by atoms with E-state index in [2.05, 4.69) is 4.72 Å². The first-order chi connectivity index (χ1) is 11.9. The van der Waals surface area contributed by atoms with Crippen LogP contribution in [0.2, 0.25) is 0 Å². The van der Waals surface area contributed by atoms with Gasteiger partial charge in [-0.3, -0.25) is 4.72 Å². The molecule has 7 heteroatoms. The first-order valence-electron chi connectivity index (χ1n) is 8.09. The second-order valence-corrected chi connectivity index (χ2v) is 7.79. The van der Waals surface area contributed by atoms with E-state index in [0.717, 1.165) is 5.56 Å². The maximum absolute atomic E-state index is 13.7. The lowest BCUT2D eigenvalue weighted by Crippen LogP contribution is -2.36. The lowest BCUT2D eigenvalue weighted by Gasteiger charge is -2.30. The summed E-state index contributed by atoms with van der Waals surface area (Å²) in [6.07, 6.45) is 0. The van der Waals surface area contributed by atoms with Gasteiger partial charge in [0.2, 0.25) is 0 Å². The van der Waals surface area contributed by atoms with E-state index in [1.807, 2.05) is 17.9 Å². The number of benzene rings is 2. The second-order valence-electron chi connectivity index (χ2n) is 6.14. The number of ether oxygens (including phenoxy) is 1. The quantitative estimate of drug-likeness (QED) is 0.906. The van der Waals surface area contributed by atoms with Crippen LogP contribution in [0, 0.1) is 19.7 Å². The minimum Gasteiger partial charge on any atom is -0.378 e. The van der Waals surface area contributed by atoms with Gasteiger partial charge in [0.25, 0.3) is 10.0 Å². The summed E-state index contributed by atoms with van der Waals surface area (Å²) in [5, 5.41) is 0. The van der Waals surface area contributed by atoms with Crippen LogP contribution in [-0.2, 0) is 14.8 Å². The minimum absolute atomic E-state index is 0.190. The molecular weight excluding hydrogens is 343 g/mol. The van der Waals surface area contributed by atoms with E-state index in [4.69, 9.17) is 4.74 Å². The molecule has 0 spiro atoms. The monoisotopic (exact) mass is 364 g/mol. The molecular formula is C18H21FN2O3S. The summed E-state index contributed by atoms with van der Waals surface area (Å²) in [6.45, 7) is 6.02. The summed E-state index contributed by atoms with van der Waals surface area (Å²) in [7, 11) is -3.81. The number of anilines is 2. The zero-order valence-corrected chi connectivity index (χ0v) is 15.1. The van der Waals surface area contributed by atoms with Gasteiger partial charge in [0.05, 0.1) is 29.5 Å². The molecule has 0 amide bonds. The molecule has 0 saturated carbocycles. The fourth-order valence-electron chi connectivity index (χ4n) is 2.97. The third kappa shape index (κ3) is 3.93. The van der Waals surface area contributed by atoms with E-state index >= 15 is 0 Å². The summed E-state index contributed by atoms with van der Waals surface area (Å²) in [6, 6.07) is 9.27. The van der Waals surface area contributed by atoms with E-state index in [0.29, 0.717) is 37.6 Å². The molecule has 1 fully saturated rings. The number of hydrogen-bond acceptors (Lipinski definition) is 4. The molecule has 134 valence electrons. The second kappa shape index (κ2) is 7.01. The maximum atomic E-state index is 13.7. The van der Waals surface area contributed by atoms with Crippen molar-refractivity contribution in [2.45, 2.75) is 18.7 Å². The molecule has 1 N–H and O–H groups in total. The molecule has 1 aliphatic rings. The van der Waals surface area contributed by atoms with Crippen molar-refractivity contribution in [3.63, 3.8) is 0 Å². The van der Waals surface area contributed by atoms with Gasteiger partial charge in [0.15, 0.2) is 0 Å². The maximum Gasteiger partial charge on any atom is 0.262 e. The Bertz CT molecular complexity index is 878. The molecule has 0 aromatic heterocycles. The normalized spacial score (nSPS) is 15.2. The first-order valence-corrected chi connectivity index (χ1v) is 9.57. The lowest BCUT2D eigenvalue weighted by atomic mass is 10.2. The van der Waals surface area contributed by atoms with Gasteiger partial charge in [-0.25, -0.2) is 12.8 Å². The van der Waals surface area contributed by atoms with Crippen molar-refractivity contribution in [2.24, 2.45) is 0 Å². The van der Waals surface area contributed by atoms with Gasteiger partial charge in [0.1, 0.15) is 5.82 Å². The van der Waals surface area contributed by atoms with Crippen LogP contribution in [0.15, 0.2) is 41.3 Å². The molecule has 3 rings (SSSR count). The number of sulfonamides is 1. The third-order valence-corrected chi connectivity index (χ3v) is 5.70. The number of rotatable bonds is 4. The highest BCUT2D eigenvalue weighted by atomic mass is 32.2. The Morgan fingerprint density at radius 2 is 1.80 bits per heavy atom.